The summed E-state index contributed by atoms with van der Waals surface area (Å²) in [7, 11) is 3.17. The van der Waals surface area contributed by atoms with Gasteiger partial charge in [0.25, 0.3) is 0 Å². The number of H-pyrrole nitrogens is 1. The smallest absolute Gasteiger partial charge is 0.179 e. The van der Waals surface area contributed by atoms with Crippen molar-refractivity contribution in [3.8, 4) is 11.5 Å². The van der Waals surface area contributed by atoms with Crippen LogP contribution in [0.15, 0.2) is 36.4 Å². The Bertz CT molecular complexity index is 784. The quantitative estimate of drug-likeness (QED) is 0.725. The van der Waals surface area contributed by atoms with E-state index in [2.05, 4.69) is 15.3 Å². The molecule has 0 saturated heterocycles. The minimum atomic E-state index is 0.535. The molecule has 0 unspecified atom stereocenters. The highest BCUT2D eigenvalue weighted by molar-refractivity contribution is 6.32. The Balaban J connectivity index is 1.67. The molecule has 3 rings (SSSR count). The van der Waals surface area contributed by atoms with E-state index in [0.717, 1.165) is 22.4 Å². The summed E-state index contributed by atoms with van der Waals surface area (Å²) in [6.07, 6.45) is 0. The number of nitrogens with one attached hydrogen (secondary N) is 2. The number of halogens is 1. The molecule has 3 aromatic rings. The maximum Gasteiger partial charge on any atom is 0.179 e. The van der Waals surface area contributed by atoms with E-state index in [4.69, 9.17) is 21.1 Å². The number of hydrogen-bond acceptors (Lipinski definition) is 4. The van der Waals surface area contributed by atoms with Crippen molar-refractivity contribution >= 4 is 22.6 Å². The largest absolute Gasteiger partial charge is 0.493 e. The van der Waals surface area contributed by atoms with Crippen molar-refractivity contribution in [1.82, 2.24) is 15.3 Å². The van der Waals surface area contributed by atoms with Gasteiger partial charge in [-0.2, -0.15) is 0 Å². The van der Waals surface area contributed by atoms with Crippen LogP contribution in [0.2, 0.25) is 5.02 Å². The van der Waals surface area contributed by atoms with Gasteiger partial charge in [-0.1, -0.05) is 23.7 Å². The number of hydrogen-bond donors (Lipinski definition) is 2. The number of aromatic nitrogens is 2. The summed E-state index contributed by atoms with van der Waals surface area (Å²) in [4.78, 5) is 7.82. The second-order valence-electron chi connectivity index (χ2n) is 5.12. The van der Waals surface area contributed by atoms with Crippen molar-refractivity contribution in [2.75, 3.05) is 14.2 Å². The van der Waals surface area contributed by atoms with Gasteiger partial charge >= 0.3 is 0 Å². The summed E-state index contributed by atoms with van der Waals surface area (Å²) in [5, 5.41) is 3.88. The number of rotatable bonds is 6. The molecule has 0 aliphatic rings. The van der Waals surface area contributed by atoms with Crippen LogP contribution in [0.4, 0.5) is 0 Å². The van der Waals surface area contributed by atoms with E-state index in [1.807, 2.05) is 36.4 Å². The standard InChI is InChI=1S/C17H18ClN3O2/c1-22-15-8-11(7-12(18)17(15)23-2)9-19-10-16-20-13-5-3-4-6-14(13)21-16/h3-8,19H,9-10H2,1-2H3,(H,20,21). The van der Waals surface area contributed by atoms with Crippen LogP contribution in [0.1, 0.15) is 11.4 Å². The average Bonchev–Trinajstić information content (AvgIpc) is 2.97. The van der Waals surface area contributed by atoms with E-state index in [-0.39, 0.29) is 0 Å². The van der Waals surface area contributed by atoms with Crippen LogP contribution >= 0.6 is 11.6 Å². The van der Waals surface area contributed by atoms with Crippen molar-refractivity contribution in [2.45, 2.75) is 13.1 Å². The molecule has 0 aliphatic carbocycles. The predicted octanol–water partition coefficient (Wildman–Crippen LogP) is 3.52. The predicted molar refractivity (Wildman–Crippen MR) is 91.2 cm³/mol. The van der Waals surface area contributed by atoms with Crippen LogP contribution in [-0.2, 0) is 13.1 Å². The van der Waals surface area contributed by atoms with Gasteiger partial charge in [0.15, 0.2) is 11.5 Å². The van der Waals surface area contributed by atoms with E-state index < -0.39 is 0 Å². The van der Waals surface area contributed by atoms with Gasteiger partial charge < -0.3 is 19.8 Å². The van der Waals surface area contributed by atoms with Crippen LogP contribution in [-0.4, -0.2) is 24.2 Å². The third kappa shape index (κ3) is 3.41. The normalized spacial score (nSPS) is 10.9. The number of ether oxygens (including phenoxy) is 2. The highest BCUT2D eigenvalue weighted by Gasteiger charge is 2.11. The molecule has 0 spiro atoms. The molecule has 0 atom stereocenters. The van der Waals surface area contributed by atoms with Gasteiger partial charge in [0, 0.05) is 6.54 Å². The first-order valence-corrected chi connectivity index (χ1v) is 7.64. The number of benzene rings is 2. The number of imidazole rings is 1. The number of aromatic amines is 1. The molecule has 0 bridgehead atoms. The van der Waals surface area contributed by atoms with Crippen LogP contribution in [0.25, 0.3) is 11.0 Å². The first kappa shape index (κ1) is 15.6. The Labute approximate surface area is 139 Å². The number of para-hydroxylation sites is 2. The van der Waals surface area contributed by atoms with Crippen LogP contribution in [0, 0.1) is 0 Å². The minimum Gasteiger partial charge on any atom is -0.493 e. The molecule has 120 valence electrons. The van der Waals surface area contributed by atoms with Crippen LogP contribution in [0.5, 0.6) is 11.5 Å². The third-order valence-electron chi connectivity index (χ3n) is 3.55. The van der Waals surface area contributed by atoms with Gasteiger partial charge in [-0.25, -0.2) is 4.98 Å². The lowest BCUT2D eigenvalue weighted by molar-refractivity contribution is 0.354. The molecule has 1 heterocycles. The number of nitrogens with zero attached hydrogens (tertiary/aromatic N) is 1. The van der Waals surface area contributed by atoms with Crippen molar-refractivity contribution in [1.29, 1.82) is 0 Å². The van der Waals surface area contributed by atoms with Crippen molar-refractivity contribution in [3.05, 3.63) is 52.8 Å². The number of methoxy groups -OCH3 is 2. The molecule has 0 fully saturated rings. The summed E-state index contributed by atoms with van der Waals surface area (Å²) in [5.41, 5.74) is 3.03. The Morgan fingerprint density at radius 1 is 1.13 bits per heavy atom. The van der Waals surface area contributed by atoms with Gasteiger partial charge in [-0.05, 0) is 29.8 Å². The molecule has 2 N–H and O–H groups in total. The zero-order valence-corrected chi connectivity index (χ0v) is 13.8. The highest BCUT2D eigenvalue weighted by atomic mass is 35.5. The molecule has 0 saturated carbocycles. The topological polar surface area (TPSA) is 59.2 Å². The SMILES string of the molecule is COc1cc(CNCc2nc3ccccc3[nH]2)cc(Cl)c1OC. The molecule has 6 heteroatoms. The molecular formula is C17H18ClN3O2. The molecule has 0 amide bonds. The maximum atomic E-state index is 6.21. The summed E-state index contributed by atoms with van der Waals surface area (Å²) < 4.78 is 10.5. The van der Waals surface area contributed by atoms with Gasteiger partial charge in [-0.15, -0.1) is 0 Å². The molecule has 0 aliphatic heterocycles. The molecule has 2 aromatic carbocycles. The zero-order valence-electron chi connectivity index (χ0n) is 13.0. The molecular weight excluding hydrogens is 314 g/mol. The van der Waals surface area contributed by atoms with Gasteiger partial charge in [0.1, 0.15) is 5.82 Å². The minimum absolute atomic E-state index is 0.535. The lowest BCUT2D eigenvalue weighted by atomic mass is 10.2. The van der Waals surface area contributed by atoms with Crippen LogP contribution in [0.3, 0.4) is 0 Å². The fraction of sp³-hybridized carbons (Fsp3) is 0.235. The molecule has 23 heavy (non-hydrogen) atoms. The Morgan fingerprint density at radius 2 is 1.96 bits per heavy atom. The summed E-state index contributed by atoms with van der Waals surface area (Å²) in [6, 6.07) is 11.8. The van der Waals surface area contributed by atoms with E-state index in [1.54, 1.807) is 14.2 Å². The van der Waals surface area contributed by atoms with Crippen LogP contribution < -0.4 is 14.8 Å². The molecule has 0 radical (unpaired) electrons. The first-order valence-electron chi connectivity index (χ1n) is 7.26. The van der Waals surface area contributed by atoms with E-state index in [0.29, 0.717) is 29.6 Å². The van der Waals surface area contributed by atoms with Crippen molar-refractivity contribution in [3.63, 3.8) is 0 Å². The summed E-state index contributed by atoms with van der Waals surface area (Å²) in [5.74, 6) is 2.08. The number of fused-ring (bicyclic) bond motifs is 1. The average molecular weight is 332 g/mol. The first-order chi connectivity index (χ1) is 11.2. The van der Waals surface area contributed by atoms with Crippen molar-refractivity contribution in [2.24, 2.45) is 0 Å². The maximum absolute atomic E-state index is 6.21. The summed E-state index contributed by atoms with van der Waals surface area (Å²) in [6.45, 7) is 1.29. The Kier molecular flexibility index (Phi) is 4.69. The molecule has 1 aromatic heterocycles. The Hall–Kier alpha value is -2.24. The fourth-order valence-electron chi connectivity index (χ4n) is 2.49. The Morgan fingerprint density at radius 3 is 2.70 bits per heavy atom. The fourth-order valence-corrected chi connectivity index (χ4v) is 2.80. The highest BCUT2D eigenvalue weighted by Crippen LogP contribution is 2.35. The molecule has 5 nitrogen and oxygen atoms in total. The van der Waals surface area contributed by atoms with E-state index in [9.17, 15) is 0 Å². The van der Waals surface area contributed by atoms with Crippen molar-refractivity contribution < 1.29 is 9.47 Å². The summed E-state index contributed by atoms with van der Waals surface area (Å²) >= 11 is 6.21. The van der Waals surface area contributed by atoms with E-state index >= 15 is 0 Å². The monoisotopic (exact) mass is 331 g/mol. The zero-order chi connectivity index (χ0) is 16.2. The second-order valence-corrected chi connectivity index (χ2v) is 5.52. The third-order valence-corrected chi connectivity index (χ3v) is 3.83. The van der Waals surface area contributed by atoms with E-state index in [1.165, 1.54) is 0 Å². The van der Waals surface area contributed by atoms with Gasteiger partial charge in [0.05, 0.1) is 36.8 Å². The lowest BCUT2D eigenvalue weighted by Crippen LogP contribution is -2.13. The lowest BCUT2D eigenvalue weighted by Gasteiger charge is -2.12. The van der Waals surface area contributed by atoms with Gasteiger partial charge in [-0.3, -0.25) is 0 Å². The van der Waals surface area contributed by atoms with Gasteiger partial charge in [0.2, 0.25) is 0 Å². The second kappa shape index (κ2) is 6.89.